The molecule has 0 fully saturated rings. The van der Waals surface area contributed by atoms with Gasteiger partial charge in [0.2, 0.25) is 0 Å². The summed E-state index contributed by atoms with van der Waals surface area (Å²) in [5, 5.41) is 5.31. The SMILES string of the molecule is COC(=O)Nc1cc(NC(=O)c2ccccc2C(=O)c2ccc(Cl)cc2)ccc1F. The standard InChI is InChI=1S/C22H16ClFN2O4/c1-30-22(29)26-19-12-15(10-11-18(19)24)25-21(28)17-5-3-2-4-16(17)20(27)13-6-8-14(23)9-7-13/h2-12H,1H3,(H,25,28)(H,26,29). The van der Waals surface area contributed by atoms with Gasteiger partial charge in [-0.2, -0.15) is 0 Å². The first kappa shape index (κ1) is 21.0. The number of methoxy groups -OCH3 is 1. The van der Waals surface area contributed by atoms with Crippen molar-refractivity contribution in [1.82, 2.24) is 0 Å². The zero-order valence-electron chi connectivity index (χ0n) is 15.7. The molecular formula is C22H16ClFN2O4. The number of carbonyl (C=O) groups is 3. The maximum Gasteiger partial charge on any atom is 0.411 e. The Morgan fingerprint density at radius 3 is 2.23 bits per heavy atom. The minimum atomic E-state index is -0.851. The Kier molecular flexibility index (Phi) is 6.44. The van der Waals surface area contributed by atoms with Crippen LogP contribution in [0.3, 0.4) is 0 Å². The molecule has 0 aliphatic heterocycles. The van der Waals surface area contributed by atoms with E-state index in [1.54, 1.807) is 42.5 Å². The van der Waals surface area contributed by atoms with E-state index >= 15 is 0 Å². The zero-order chi connectivity index (χ0) is 21.7. The first-order valence-electron chi connectivity index (χ1n) is 8.74. The fourth-order valence-corrected chi connectivity index (χ4v) is 2.82. The van der Waals surface area contributed by atoms with Crippen LogP contribution in [-0.4, -0.2) is 24.9 Å². The van der Waals surface area contributed by atoms with Crippen LogP contribution in [0.5, 0.6) is 0 Å². The Morgan fingerprint density at radius 2 is 1.57 bits per heavy atom. The summed E-state index contributed by atoms with van der Waals surface area (Å²) < 4.78 is 18.3. The molecule has 0 aromatic heterocycles. The van der Waals surface area contributed by atoms with Crippen LogP contribution in [0.25, 0.3) is 0 Å². The lowest BCUT2D eigenvalue weighted by molar-refractivity contribution is 0.0996. The van der Waals surface area contributed by atoms with Gasteiger partial charge in [0.25, 0.3) is 5.91 Å². The summed E-state index contributed by atoms with van der Waals surface area (Å²) >= 11 is 5.86. The molecule has 0 radical (unpaired) electrons. The van der Waals surface area contributed by atoms with Crippen LogP contribution in [0.4, 0.5) is 20.6 Å². The van der Waals surface area contributed by atoms with E-state index in [0.717, 1.165) is 13.2 Å². The second-order valence-electron chi connectivity index (χ2n) is 6.15. The van der Waals surface area contributed by atoms with Crippen molar-refractivity contribution in [3.8, 4) is 0 Å². The number of benzene rings is 3. The number of rotatable bonds is 5. The van der Waals surface area contributed by atoms with Crippen LogP contribution in [0, 0.1) is 5.82 Å². The van der Waals surface area contributed by atoms with Gasteiger partial charge in [0.05, 0.1) is 18.4 Å². The second-order valence-corrected chi connectivity index (χ2v) is 6.58. The summed E-state index contributed by atoms with van der Waals surface area (Å²) in [7, 11) is 1.15. The molecule has 0 atom stereocenters. The van der Waals surface area contributed by atoms with Crippen LogP contribution < -0.4 is 10.6 Å². The van der Waals surface area contributed by atoms with Gasteiger partial charge < -0.3 is 10.1 Å². The van der Waals surface area contributed by atoms with Gasteiger partial charge >= 0.3 is 6.09 Å². The number of hydrogen-bond donors (Lipinski definition) is 2. The predicted octanol–water partition coefficient (Wildman–Crippen LogP) is 5.14. The van der Waals surface area contributed by atoms with Gasteiger partial charge in [-0.15, -0.1) is 0 Å². The Morgan fingerprint density at radius 1 is 0.900 bits per heavy atom. The molecule has 8 heteroatoms. The molecule has 0 unspecified atom stereocenters. The minimum absolute atomic E-state index is 0.143. The van der Waals surface area contributed by atoms with Crippen molar-refractivity contribution in [2.24, 2.45) is 0 Å². The first-order valence-corrected chi connectivity index (χ1v) is 9.12. The van der Waals surface area contributed by atoms with E-state index in [-0.39, 0.29) is 28.3 Å². The molecule has 0 saturated carbocycles. The monoisotopic (exact) mass is 426 g/mol. The molecule has 3 aromatic carbocycles. The lowest BCUT2D eigenvalue weighted by Gasteiger charge is -2.11. The number of hydrogen-bond acceptors (Lipinski definition) is 4. The number of halogens is 2. The molecule has 0 aliphatic carbocycles. The lowest BCUT2D eigenvalue weighted by atomic mass is 9.98. The van der Waals surface area contributed by atoms with E-state index in [1.165, 1.54) is 18.2 Å². The number of amides is 2. The van der Waals surface area contributed by atoms with Gasteiger partial charge in [-0.3, -0.25) is 14.9 Å². The van der Waals surface area contributed by atoms with Crippen molar-refractivity contribution in [2.75, 3.05) is 17.7 Å². The average Bonchev–Trinajstić information content (AvgIpc) is 2.76. The molecule has 152 valence electrons. The molecule has 30 heavy (non-hydrogen) atoms. The average molecular weight is 427 g/mol. The quantitative estimate of drug-likeness (QED) is 0.553. The van der Waals surface area contributed by atoms with Gasteiger partial charge in [0, 0.05) is 21.8 Å². The van der Waals surface area contributed by atoms with Gasteiger partial charge in [-0.05, 0) is 48.5 Å². The molecule has 0 bridgehead atoms. The molecular weight excluding hydrogens is 411 g/mol. The summed E-state index contributed by atoms with van der Waals surface area (Å²) in [6, 6.07) is 16.3. The van der Waals surface area contributed by atoms with Crippen molar-refractivity contribution in [3.05, 3.63) is 94.3 Å². The number of ketones is 1. The van der Waals surface area contributed by atoms with Gasteiger partial charge in [-0.1, -0.05) is 29.8 Å². The fourth-order valence-electron chi connectivity index (χ4n) is 2.69. The minimum Gasteiger partial charge on any atom is -0.453 e. The van der Waals surface area contributed by atoms with Crippen LogP contribution in [0.1, 0.15) is 26.3 Å². The number of ether oxygens (including phenoxy) is 1. The highest BCUT2D eigenvalue weighted by atomic mass is 35.5. The largest absolute Gasteiger partial charge is 0.453 e. The third-order valence-corrected chi connectivity index (χ3v) is 4.42. The van der Waals surface area contributed by atoms with E-state index in [4.69, 9.17) is 11.6 Å². The predicted molar refractivity (Wildman–Crippen MR) is 112 cm³/mol. The van der Waals surface area contributed by atoms with Gasteiger partial charge in [0.15, 0.2) is 5.78 Å². The summed E-state index contributed by atoms with van der Waals surface area (Å²) in [5.74, 6) is -1.61. The molecule has 0 spiro atoms. The van der Waals surface area contributed by atoms with E-state index in [9.17, 15) is 18.8 Å². The Balaban J connectivity index is 1.86. The Labute approximate surface area is 176 Å². The van der Waals surface area contributed by atoms with Crippen LogP contribution in [0.2, 0.25) is 5.02 Å². The van der Waals surface area contributed by atoms with Crippen molar-refractivity contribution in [2.45, 2.75) is 0 Å². The molecule has 3 rings (SSSR count). The third kappa shape index (κ3) is 4.82. The van der Waals surface area contributed by atoms with Crippen LogP contribution in [0.15, 0.2) is 66.7 Å². The lowest BCUT2D eigenvalue weighted by Crippen LogP contribution is -2.17. The highest BCUT2D eigenvalue weighted by Crippen LogP contribution is 2.22. The molecule has 2 amide bonds. The van der Waals surface area contributed by atoms with Crippen LogP contribution in [-0.2, 0) is 4.74 Å². The summed E-state index contributed by atoms with van der Waals surface area (Å²) in [6.07, 6.45) is -0.851. The van der Waals surface area contributed by atoms with E-state index in [0.29, 0.717) is 10.6 Å². The normalized spacial score (nSPS) is 10.2. The van der Waals surface area contributed by atoms with Gasteiger partial charge in [-0.25, -0.2) is 9.18 Å². The molecule has 0 aliphatic rings. The summed E-state index contributed by atoms with van der Waals surface area (Å²) in [5.41, 5.74) is 0.786. The Hall–Kier alpha value is -3.71. The number of nitrogens with one attached hydrogen (secondary N) is 2. The first-order chi connectivity index (χ1) is 14.4. The van der Waals surface area contributed by atoms with Crippen molar-refractivity contribution in [1.29, 1.82) is 0 Å². The highest BCUT2D eigenvalue weighted by molar-refractivity contribution is 6.30. The topological polar surface area (TPSA) is 84.5 Å². The highest BCUT2D eigenvalue weighted by Gasteiger charge is 2.19. The zero-order valence-corrected chi connectivity index (χ0v) is 16.5. The van der Waals surface area contributed by atoms with Crippen molar-refractivity contribution in [3.63, 3.8) is 0 Å². The molecule has 3 aromatic rings. The summed E-state index contributed by atoms with van der Waals surface area (Å²) in [4.78, 5) is 37.0. The molecule has 0 saturated heterocycles. The van der Waals surface area contributed by atoms with E-state index in [2.05, 4.69) is 15.4 Å². The second kappa shape index (κ2) is 9.19. The van der Waals surface area contributed by atoms with E-state index < -0.39 is 17.8 Å². The van der Waals surface area contributed by atoms with E-state index in [1.807, 2.05) is 0 Å². The smallest absolute Gasteiger partial charge is 0.411 e. The number of carbonyl (C=O) groups excluding carboxylic acids is 3. The maximum absolute atomic E-state index is 13.9. The molecule has 2 N–H and O–H groups in total. The van der Waals surface area contributed by atoms with Crippen LogP contribution >= 0.6 is 11.6 Å². The molecule has 0 heterocycles. The summed E-state index contributed by atoms with van der Waals surface area (Å²) in [6.45, 7) is 0. The maximum atomic E-state index is 13.9. The number of anilines is 2. The van der Waals surface area contributed by atoms with Crippen molar-refractivity contribution >= 4 is 40.8 Å². The van der Waals surface area contributed by atoms with Gasteiger partial charge in [0.1, 0.15) is 5.82 Å². The third-order valence-electron chi connectivity index (χ3n) is 4.17. The van der Waals surface area contributed by atoms with Crippen molar-refractivity contribution < 1.29 is 23.5 Å². The molecule has 6 nitrogen and oxygen atoms in total. The Bertz CT molecular complexity index is 1120. The fraction of sp³-hybridized carbons (Fsp3) is 0.0455.